The molecule has 1 atom stereocenters. The Morgan fingerprint density at radius 3 is 2.85 bits per heavy atom. The summed E-state index contributed by atoms with van der Waals surface area (Å²) in [7, 11) is 0. The summed E-state index contributed by atoms with van der Waals surface area (Å²) in [6.45, 7) is 5.97. The molecule has 1 aliphatic heterocycles. The molecule has 170 valence electrons. The van der Waals surface area contributed by atoms with Crippen LogP contribution in [-0.2, 0) is 4.79 Å². The number of fused-ring (bicyclic) bond motifs is 1. The summed E-state index contributed by atoms with van der Waals surface area (Å²) in [6.07, 6.45) is 1.64. The van der Waals surface area contributed by atoms with Crippen LogP contribution >= 0.6 is 22.7 Å². The Labute approximate surface area is 204 Å². The number of carbonyl (C=O) groups is 2. The summed E-state index contributed by atoms with van der Waals surface area (Å²) in [4.78, 5) is 33.3. The number of thiophene rings is 1. The molecule has 0 radical (unpaired) electrons. The van der Waals surface area contributed by atoms with Crippen molar-refractivity contribution in [1.82, 2.24) is 4.98 Å². The molecule has 1 aliphatic rings. The van der Waals surface area contributed by atoms with E-state index >= 15 is 0 Å². The Balaban J connectivity index is 1.66. The van der Waals surface area contributed by atoms with E-state index in [1.54, 1.807) is 41.8 Å². The summed E-state index contributed by atoms with van der Waals surface area (Å²) in [5, 5.41) is 13.1. The number of hydrogen-bond donors (Lipinski definition) is 1. The standard InChI is InChI=1S/C26H20N2O4S2/c1-3-11-32-17-7-4-6-16(14-17)22-21(23(29)19-8-5-12-33-19)24(30)25(31)28(22)26-27-18-10-9-15(2)13-20(18)34-26/h3-10,12-14,22,30H,1,11H2,2H3/t22-/m1/s1. The number of aromatic nitrogens is 1. The van der Waals surface area contributed by atoms with Crippen LogP contribution in [0, 0.1) is 6.92 Å². The monoisotopic (exact) mass is 488 g/mol. The van der Waals surface area contributed by atoms with Crippen molar-refractivity contribution in [2.45, 2.75) is 13.0 Å². The molecule has 5 rings (SSSR count). The number of amides is 1. The minimum atomic E-state index is -0.851. The Bertz CT molecular complexity index is 1450. The zero-order valence-corrected chi connectivity index (χ0v) is 19.9. The number of aliphatic hydroxyl groups excluding tert-OH is 1. The lowest BCUT2D eigenvalue weighted by molar-refractivity contribution is -0.117. The van der Waals surface area contributed by atoms with E-state index in [9.17, 15) is 14.7 Å². The first-order chi connectivity index (χ1) is 16.5. The zero-order chi connectivity index (χ0) is 23.8. The highest BCUT2D eigenvalue weighted by molar-refractivity contribution is 7.22. The average Bonchev–Trinajstić information content (AvgIpc) is 3.56. The number of aliphatic hydroxyl groups is 1. The Morgan fingerprint density at radius 1 is 1.24 bits per heavy atom. The summed E-state index contributed by atoms with van der Waals surface area (Å²) >= 11 is 2.61. The molecule has 0 saturated carbocycles. The van der Waals surface area contributed by atoms with Crippen LogP contribution < -0.4 is 9.64 Å². The van der Waals surface area contributed by atoms with E-state index in [2.05, 4.69) is 11.6 Å². The largest absolute Gasteiger partial charge is 0.503 e. The van der Waals surface area contributed by atoms with Crippen LogP contribution in [0.3, 0.4) is 0 Å². The maximum Gasteiger partial charge on any atom is 0.296 e. The predicted molar refractivity (Wildman–Crippen MR) is 135 cm³/mol. The van der Waals surface area contributed by atoms with Gasteiger partial charge in [0, 0.05) is 0 Å². The number of thiazole rings is 1. The fraction of sp³-hybridized carbons (Fsp3) is 0.115. The van der Waals surface area contributed by atoms with E-state index in [1.165, 1.54) is 27.6 Å². The molecular formula is C26H20N2O4S2. The van der Waals surface area contributed by atoms with Crippen LogP contribution in [0.5, 0.6) is 5.75 Å². The van der Waals surface area contributed by atoms with E-state index in [-0.39, 0.29) is 11.4 Å². The molecule has 0 unspecified atom stereocenters. The number of benzene rings is 2. The van der Waals surface area contributed by atoms with Gasteiger partial charge in [0.2, 0.25) is 5.78 Å². The normalized spacial score (nSPS) is 15.9. The summed E-state index contributed by atoms with van der Waals surface area (Å²) < 4.78 is 6.60. The number of aryl methyl sites for hydroxylation is 1. The minimum Gasteiger partial charge on any atom is -0.503 e. The fourth-order valence-corrected chi connectivity index (χ4v) is 5.71. The Hall–Kier alpha value is -3.75. The SMILES string of the molecule is C=CCOc1cccc([C@@H]2C(C(=O)c3cccs3)=C(O)C(=O)N2c2nc3ccc(C)cc3s2)c1. The number of anilines is 1. The van der Waals surface area contributed by atoms with Crippen LogP contribution in [0.2, 0.25) is 0 Å². The first kappa shape index (κ1) is 22.1. The van der Waals surface area contributed by atoms with Gasteiger partial charge >= 0.3 is 0 Å². The van der Waals surface area contributed by atoms with Crippen LogP contribution in [0.4, 0.5) is 5.13 Å². The molecule has 3 heterocycles. The van der Waals surface area contributed by atoms with E-state index in [0.717, 1.165) is 15.8 Å². The van der Waals surface area contributed by atoms with Gasteiger partial charge in [-0.1, -0.05) is 48.3 Å². The van der Waals surface area contributed by atoms with Gasteiger partial charge in [-0.15, -0.1) is 11.3 Å². The topological polar surface area (TPSA) is 79.7 Å². The van der Waals surface area contributed by atoms with Crippen LogP contribution in [0.15, 0.2) is 84.0 Å². The Morgan fingerprint density at radius 2 is 2.09 bits per heavy atom. The van der Waals surface area contributed by atoms with Gasteiger partial charge in [0.05, 0.1) is 26.7 Å². The van der Waals surface area contributed by atoms with Crippen molar-refractivity contribution in [2.24, 2.45) is 0 Å². The molecule has 4 aromatic rings. The molecule has 2 aromatic heterocycles. The maximum absolute atomic E-state index is 13.5. The van der Waals surface area contributed by atoms with Crippen molar-refractivity contribution >= 4 is 49.7 Å². The molecule has 34 heavy (non-hydrogen) atoms. The van der Waals surface area contributed by atoms with Gasteiger partial charge in [0.25, 0.3) is 5.91 Å². The number of carbonyl (C=O) groups excluding carboxylic acids is 2. The summed E-state index contributed by atoms with van der Waals surface area (Å²) in [5.41, 5.74) is 2.49. The third kappa shape index (κ3) is 3.81. The lowest BCUT2D eigenvalue weighted by atomic mass is 9.95. The highest BCUT2D eigenvalue weighted by Crippen LogP contribution is 2.45. The molecule has 2 aromatic carbocycles. The number of nitrogens with zero attached hydrogens (tertiary/aromatic N) is 2. The van der Waals surface area contributed by atoms with Crippen molar-refractivity contribution in [3.8, 4) is 5.75 Å². The molecule has 0 aliphatic carbocycles. The summed E-state index contributed by atoms with van der Waals surface area (Å²) in [5.74, 6) is -1.03. The quantitative estimate of drug-likeness (QED) is 0.254. The lowest BCUT2D eigenvalue weighted by Gasteiger charge is -2.24. The van der Waals surface area contributed by atoms with Crippen molar-refractivity contribution in [3.63, 3.8) is 0 Å². The zero-order valence-electron chi connectivity index (χ0n) is 18.2. The molecule has 0 spiro atoms. The van der Waals surface area contributed by atoms with Gasteiger partial charge in [-0.05, 0) is 53.8 Å². The van der Waals surface area contributed by atoms with Gasteiger partial charge in [0.1, 0.15) is 12.4 Å². The third-order valence-electron chi connectivity index (χ3n) is 5.48. The third-order valence-corrected chi connectivity index (χ3v) is 7.36. The maximum atomic E-state index is 13.5. The molecular weight excluding hydrogens is 468 g/mol. The number of rotatable bonds is 7. The van der Waals surface area contributed by atoms with Gasteiger partial charge < -0.3 is 9.84 Å². The molecule has 1 amide bonds. The van der Waals surface area contributed by atoms with E-state index in [1.807, 2.05) is 31.2 Å². The highest BCUT2D eigenvalue weighted by Gasteiger charge is 2.46. The van der Waals surface area contributed by atoms with E-state index in [0.29, 0.717) is 27.9 Å². The van der Waals surface area contributed by atoms with E-state index in [4.69, 9.17) is 4.74 Å². The number of Topliss-reactive ketones (excluding diaryl/α,β-unsaturated/α-hetero) is 1. The fourth-order valence-electron chi connectivity index (χ4n) is 3.94. The smallest absolute Gasteiger partial charge is 0.296 e. The van der Waals surface area contributed by atoms with Gasteiger partial charge in [-0.25, -0.2) is 4.98 Å². The van der Waals surface area contributed by atoms with Gasteiger partial charge in [0.15, 0.2) is 10.9 Å². The van der Waals surface area contributed by atoms with Gasteiger partial charge in [-0.2, -0.15) is 0 Å². The molecule has 0 fully saturated rings. The second-order valence-corrected chi connectivity index (χ2v) is 9.74. The molecule has 6 nitrogen and oxygen atoms in total. The second-order valence-electron chi connectivity index (χ2n) is 7.79. The number of ketones is 1. The molecule has 1 N–H and O–H groups in total. The number of hydrogen-bond acceptors (Lipinski definition) is 7. The Kier molecular flexibility index (Phi) is 5.77. The molecule has 0 bridgehead atoms. The average molecular weight is 489 g/mol. The summed E-state index contributed by atoms with van der Waals surface area (Å²) in [6, 6.07) is 15.6. The highest BCUT2D eigenvalue weighted by atomic mass is 32.1. The van der Waals surface area contributed by atoms with Crippen LogP contribution in [0.25, 0.3) is 10.2 Å². The van der Waals surface area contributed by atoms with Crippen LogP contribution in [-0.4, -0.2) is 28.4 Å². The minimum absolute atomic E-state index is 0.0313. The van der Waals surface area contributed by atoms with Crippen molar-refractivity contribution < 1.29 is 19.4 Å². The van der Waals surface area contributed by atoms with Crippen LogP contribution in [0.1, 0.15) is 26.8 Å². The first-order valence-corrected chi connectivity index (χ1v) is 12.2. The molecule has 0 saturated heterocycles. The van der Waals surface area contributed by atoms with Crippen molar-refractivity contribution in [2.75, 3.05) is 11.5 Å². The lowest BCUT2D eigenvalue weighted by Crippen LogP contribution is -2.30. The van der Waals surface area contributed by atoms with Gasteiger partial charge in [-0.3, -0.25) is 14.5 Å². The van der Waals surface area contributed by atoms with Crippen molar-refractivity contribution in [3.05, 3.63) is 100.0 Å². The van der Waals surface area contributed by atoms with Crippen molar-refractivity contribution in [1.29, 1.82) is 0 Å². The first-order valence-electron chi connectivity index (χ1n) is 10.5. The number of ether oxygens (including phenoxy) is 1. The molecule has 8 heteroatoms. The van der Waals surface area contributed by atoms with E-state index < -0.39 is 17.7 Å². The predicted octanol–water partition coefficient (Wildman–Crippen LogP) is 6.01. The second kappa shape index (κ2) is 8.89.